The van der Waals surface area contributed by atoms with Gasteiger partial charge in [-0.05, 0) is 13.3 Å². The quantitative estimate of drug-likeness (QED) is 0.737. The van der Waals surface area contributed by atoms with Crippen LogP contribution in [-0.4, -0.2) is 25.2 Å². The third kappa shape index (κ3) is 3.36. The van der Waals surface area contributed by atoms with Gasteiger partial charge in [0, 0.05) is 24.7 Å². The third-order valence-corrected chi connectivity index (χ3v) is 3.12. The molecule has 14 heavy (non-hydrogen) atoms. The van der Waals surface area contributed by atoms with Gasteiger partial charge in [0.1, 0.15) is 5.01 Å². The van der Waals surface area contributed by atoms with Crippen LogP contribution in [0.4, 0.5) is 0 Å². The normalized spacial score (nSPS) is 13.1. The fraction of sp³-hybridized carbons (Fsp3) is 0.700. The Balaban J connectivity index is 2.45. The second-order valence-electron chi connectivity index (χ2n) is 3.23. The van der Waals surface area contributed by atoms with Crippen molar-refractivity contribution in [2.24, 2.45) is 0 Å². The molecule has 3 nitrogen and oxygen atoms in total. The molecule has 0 aliphatic heterocycles. The molecule has 1 N–H and O–H groups in total. The topological polar surface area (TPSA) is 34.1 Å². The number of hydrogen-bond acceptors (Lipinski definition) is 4. The minimum atomic E-state index is 0.379. The van der Waals surface area contributed by atoms with Crippen molar-refractivity contribution >= 4 is 11.3 Å². The van der Waals surface area contributed by atoms with E-state index in [4.69, 9.17) is 4.74 Å². The smallest absolute Gasteiger partial charge is 0.110 e. The van der Waals surface area contributed by atoms with Crippen LogP contribution >= 0.6 is 11.3 Å². The van der Waals surface area contributed by atoms with Crippen LogP contribution in [-0.2, 0) is 4.74 Å². The van der Waals surface area contributed by atoms with E-state index < -0.39 is 0 Å². The molecule has 1 rings (SSSR count). The molecule has 0 saturated carbocycles. The van der Waals surface area contributed by atoms with Crippen molar-refractivity contribution in [1.82, 2.24) is 10.3 Å². The second-order valence-corrected chi connectivity index (χ2v) is 4.12. The summed E-state index contributed by atoms with van der Waals surface area (Å²) in [4.78, 5) is 4.48. The summed E-state index contributed by atoms with van der Waals surface area (Å²) >= 11 is 1.73. The van der Waals surface area contributed by atoms with Gasteiger partial charge in [-0.1, -0.05) is 6.92 Å². The Labute approximate surface area is 89.5 Å². The Hall–Kier alpha value is -0.450. The fourth-order valence-corrected chi connectivity index (χ4v) is 2.23. The second kappa shape index (κ2) is 6.11. The van der Waals surface area contributed by atoms with Gasteiger partial charge in [0.2, 0.25) is 0 Å². The molecule has 0 bridgehead atoms. The molecule has 80 valence electrons. The Bertz CT molecular complexity index is 262. The van der Waals surface area contributed by atoms with Crippen molar-refractivity contribution in [3.63, 3.8) is 0 Å². The van der Waals surface area contributed by atoms with Gasteiger partial charge >= 0.3 is 0 Å². The molecule has 1 unspecified atom stereocenters. The van der Waals surface area contributed by atoms with Crippen molar-refractivity contribution in [3.8, 4) is 0 Å². The highest BCUT2D eigenvalue weighted by Crippen LogP contribution is 2.20. The summed E-state index contributed by atoms with van der Waals surface area (Å²) < 4.78 is 5.00. The van der Waals surface area contributed by atoms with Gasteiger partial charge in [0.15, 0.2) is 0 Å². The van der Waals surface area contributed by atoms with Gasteiger partial charge in [0.05, 0.1) is 12.6 Å². The summed E-state index contributed by atoms with van der Waals surface area (Å²) in [6.07, 6.45) is 1.07. The molecule has 1 heterocycles. The predicted molar refractivity (Wildman–Crippen MR) is 59.8 cm³/mol. The van der Waals surface area contributed by atoms with E-state index >= 15 is 0 Å². The van der Waals surface area contributed by atoms with Crippen LogP contribution < -0.4 is 5.32 Å². The van der Waals surface area contributed by atoms with Gasteiger partial charge in [0.25, 0.3) is 0 Å². The van der Waals surface area contributed by atoms with Gasteiger partial charge in [-0.25, -0.2) is 4.98 Å². The van der Waals surface area contributed by atoms with Crippen LogP contribution in [0.2, 0.25) is 0 Å². The molecule has 0 aliphatic rings. The van der Waals surface area contributed by atoms with E-state index in [1.807, 2.05) is 6.92 Å². The maximum Gasteiger partial charge on any atom is 0.110 e. The molecule has 0 fully saturated rings. The van der Waals surface area contributed by atoms with E-state index in [0.29, 0.717) is 6.04 Å². The minimum absolute atomic E-state index is 0.379. The number of thiazole rings is 1. The number of aromatic nitrogens is 1. The monoisotopic (exact) mass is 214 g/mol. The zero-order chi connectivity index (χ0) is 10.4. The zero-order valence-corrected chi connectivity index (χ0v) is 9.86. The molecule has 4 heteroatoms. The van der Waals surface area contributed by atoms with Crippen molar-refractivity contribution < 1.29 is 4.74 Å². The Morgan fingerprint density at radius 2 is 2.43 bits per heavy atom. The first-order valence-electron chi connectivity index (χ1n) is 4.92. The first-order chi connectivity index (χ1) is 6.77. The van der Waals surface area contributed by atoms with Crippen LogP contribution in [0.1, 0.15) is 30.1 Å². The summed E-state index contributed by atoms with van der Waals surface area (Å²) in [5.41, 5.74) is 1.11. The molecule has 1 aromatic rings. The van der Waals surface area contributed by atoms with Crippen LogP contribution in [0, 0.1) is 6.92 Å². The molecule has 1 atom stereocenters. The van der Waals surface area contributed by atoms with Gasteiger partial charge in [-0.2, -0.15) is 0 Å². The van der Waals surface area contributed by atoms with Crippen molar-refractivity contribution in [3.05, 3.63) is 16.1 Å². The largest absolute Gasteiger partial charge is 0.383 e. The average molecular weight is 214 g/mol. The average Bonchev–Trinajstić information content (AvgIpc) is 2.60. The summed E-state index contributed by atoms with van der Waals surface area (Å²) in [7, 11) is 1.72. The number of nitrogens with zero attached hydrogens (tertiary/aromatic N) is 1. The van der Waals surface area contributed by atoms with Gasteiger partial charge in [-0.3, -0.25) is 0 Å². The number of aryl methyl sites for hydroxylation is 1. The first kappa shape index (κ1) is 11.6. The van der Waals surface area contributed by atoms with E-state index in [1.54, 1.807) is 18.4 Å². The van der Waals surface area contributed by atoms with Crippen LogP contribution in [0.15, 0.2) is 5.38 Å². The lowest BCUT2D eigenvalue weighted by Gasteiger charge is -2.13. The molecule has 0 aliphatic carbocycles. The number of nitrogens with one attached hydrogen (secondary N) is 1. The summed E-state index contributed by atoms with van der Waals surface area (Å²) in [6, 6.07) is 0.379. The zero-order valence-electron chi connectivity index (χ0n) is 9.04. The highest BCUT2D eigenvalue weighted by atomic mass is 32.1. The molecule has 0 spiro atoms. The highest BCUT2D eigenvalue weighted by Gasteiger charge is 2.11. The molecule has 0 saturated heterocycles. The molecular formula is C10H18N2OS. The number of rotatable bonds is 6. The number of methoxy groups -OCH3 is 1. The molecule has 1 aromatic heterocycles. The van der Waals surface area contributed by atoms with Crippen molar-refractivity contribution in [2.75, 3.05) is 20.3 Å². The lowest BCUT2D eigenvalue weighted by atomic mass is 10.2. The van der Waals surface area contributed by atoms with Crippen molar-refractivity contribution in [2.45, 2.75) is 26.3 Å². The fourth-order valence-electron chi connectivity index (χ4n) is 1.27. The standard InChI is InChI=1S/C10H18N2OS/c1-4-9(11-5-6-13-3)10-12-8(2)7-14-10/h7,9,11H,4-6H2,1-3H3. The van der Waals surface area contributed by atoms with E-state index in [-0.39, 0.29) is 0 Å². The van der Waals surface area contributed by atoms with Gasteiger partial charge < -0.3 is 10.1 Å². The van der Waals surface area contributed by atoms with Crippen LogP contribution in [0.5, 0.6) is 0 Å². The minimum Gasteiger partial charge on any atom is -0.383 e. The molecule has 0 radical (unpaired) electrons. The lowest BCUT2D eigenvalue weighted by Crippen LogP contribution is -2.24. The van der Waals surface area contributed by atoms with E-state index in [0.717, 1.165) is 25.3 Å². The maximum absolute atomic E-state index is 5.00. The molecule has 0 aromatic carbocycles. The van der Waals surface area contributed by atoms with Crippen LogP contribution in [0.3, 0.4) is 0 Å². The van der Waals surface area contributed by atoms with Gasteiger partial charge in [-0.15, -0.1) is 11.3 Å². The number of ether oxygens (including phenoxy) is 1. The predicted octanol–water partition coefficient (Wildman–Crippen LogP) is 2.14. The maximum atomic E-state index is 5.00. The van der Waals surface area contributed by atoms with Crippen LogP contribution in [0.25, 0.3) is 0 Å². The summed E-state index contributed by atoms with van der Waals surface area (Å²) in [5.74, 6) is 0. The van der Waals surface area contributed by atoms with Crippen molar-refractivity contribution in [1.29, 1.82) is 0 Å². The van der Waals surface area contributed by atoms with E-state index in [2.05, 4.69) is 22.6 Å². The third-order valence-electron chi connectivity index (χ3n) is 2.04. The first-order valence-corrected chi connectivity index (χ1v) is 5.80. The van der Waals surface area contributed by atoms with E-state index in [1.165, 1.54) is 5.01 Å². The number of hydrogen-bond donors (Lipinski definition) is 1. The highest BCUT2D eigenvalue weighted by molar-refractivity contribution is 7.09. The summed E-state index contributed by atoms with van der Waals surface area (Å²) in [6.45, 7) is 5.83. The summed E-state index contributed by atoms with van der Waals surface area (Å²) in [5, 5.41) is 6.70. The molecule has 0 amide bonds. The Kier molecular flexibility index (Phi) is 5.07. The van der Waals surface area contributed by atoms with E-state index in [9.17, 15) is 0 Å². The molecular weight excluding hydrogens is 196 g/mol. The Morgan fingerprint density at radius 1 is 1.64 bits per heavy atom. The Morgan fingerprint density at radius 3 is 2.93 bits per heavy atom. The SMILES string of the molecule is CCC(NCCOC)c1nc(C)cs1. The lowest BCUT2D eigenvalue weighted by molar-refractivity contribution is 0.195.